The number of allylic oxidation sites excluding steroid dienone is 1. The molecule has 1 N–H and O–H groups in total. The molecule has 4 fully saturated rings. The van der Waals surface area contributed by atoms with Crippen LogP contribution in [0.2, 0.25) is 0 Å². The van der Waals surface area contributed by atoms with Crippen molar-refractivity contribution in [1.82, 2.24) is 20.0 Å². The summed E-state index contributed by atoms with van der Waals surface area (Å²) in [6.45, 7) is 5.71. The fourth-order valence-electron chi connectivity index (χ4n) is 7.19. The SMILES string of the molecule is C=CCn1nc(C(=O)N(C)C)c2c1CCC(NCC1C3CC4CC(C3)CC1C4)C2. The number of carbonyl (C=O) groups excluding carboxylic acids is 1. The van der Waals surface area contributed by atoms with Gasteiger partial charge in [0.25, 0.3) is 5.91 Å². The summed E-state index contributed by atoms with van der Waals surface area (Å²) in [7, 11) is 3.62. The predicted molar refractivity (Wildman–Crippen MR) is 115 cm³/mol. The van der Waals surface area contributed by atoms with Gasteiger partial charge in [0.2, 0.25) is 0 Å². The molecule has 1 heterocycles. The van der Waals surface area contributed by atoms with Gasteiger partial charge < -0.3 is 10.2 Å². The third-order valence-corrected chi connectivity index (χ3v) is 8.32. The number of nitrogens with one attached hydrogen (secondary N) is 1. The molecule has 0 aliphatic heterocycles. The van der Waals surface area contributed by atoms with E-state index in [1.54, 1.807) is 4.90 Å². The molecule has 5 nitrogen and oxygen atoms in total. The lowest BCUT2D eigenvalue weighted by atomic mass is 9.52. The second-order valence-electron chi connectivity index (χ2n) is 10.4. The van der Waals surface area contributed by atoms with Crippen molar-refractivity contribution < 1.29 is 4.79 Å². The molecule has 0 spiro atoms. The number of amides is 1. The molecule has 0 radical (unpaired) electrons. The molecule has 1 amide bonds. The Balaban J connectivity index is 1.28. The molecule has 0 saturated heterocycles. The molecule has 1 unspecified atom stereocenters. The average Bonchev–Trinajstić information content (AvgIpc) is 3.04. The summed E-state index contributed by atoms with van der Waals surface area (Å²) in [4.78, 5) is 14.4. The Bertz CT molecular complexity index is 767. The van der Waals surface area contributed by atoms with E-state index in [4.69, 9.17) is 0 Å². The van der Waals surface area contributed by atoms with Crippen molar-refractivity contribution >= 4 is 5.91 Å². The van der Waals surface area contributed by atoms with Gasteiger partial charge in [0.1, 0.15) is 0 Å². The molecule has 29 heavy (non-hydrogen) atoms. The number of hydrogen-bond acceptors (Lipinski definition) is 3. The van der Waals surface area contributed by atoms with Gasteiger partial charge in [-0.05, 0) is 87.5 Å². The minimum atomic E-state index is 0.0192. The summed E-state index contributed by atoms with van der Waals surface area (Å²) < 4.78 is 1.99. The van der Waals surface area contributed by atoms with Gasteiger partial charge in [-0.1, -0.05) is 6.08 Å². The van der Waals surface area contributed by atoms with E-state index in [9.17, 15) is 4.79 Å². The van der Waals surface area contributed by atoms with E-state index in [2.05, 4.69) is 17.0 Å². The summed E-state index contributed by atoms with van der Waals surface area (Å²) in [5.41, 5.74) is 3.05. The minimum Gasteiger partial charge on any atom is -0.343 e. The number of rotatable bonds is 6. The van der Waals surface area contributed by atoms with Gasteiger partial charge in [-0.25, -0.2) is 0 Å². The maximum Gasteiger partial charge on any atom is 0.274 e. The highest BCUT2D eigenvalue weighted by molar-refractivity contribution is 5.93. The maximum atomic E-state index is 12.7. The fraction of sp³-hybridized carbons (Fsp3) is 0.750. The second-order valence-corrected chi connectivity index (χ2v) is 10.4. The van der Waals surface area contributed by atoms with Gasteiger partial charge in [0.15, 0.2) is 5.69 Å². The van der Waals surface area contributed by atoms with Crippen LogP contribution < -0.4 is 5.32 Å². The van der Waals surface area contributed by atoms with Crippen molar-refractivity contribution in [2.24, 2.45) is 29.6 Å². The van der Waals surface area contributed by atoms with Gasteiger partial charge >= 0.3 is 0 Å². The van der Waals surface area contributed by atoms with E-state index in [0.29, 0.717) is 18.3 Å². The minimum absolute atomic E-state index is 0.0192. The largest absolute Gasteiger partial charge is 0.343 e. The molecule has 6 rings (SSSR count). The molecular weight excluding hydrogens is 360 g/mol. The van der Waals surface area contributed by atoms with Gasteiger partial charge in [0, 0.05) is 31.4 Å². The van der Waals surface area contributed by atoms with E-state index in [-0.39, 0.29) is 5.91 Å². The second kappa shape index (κ2) is 7.57. The third-order valence-electron chi connectivity index (χ3n) is 8.32. The lowest BCUT2D eigenvalue weighted by molar-refractivity contribution is -0.0364. The average molecular weight is 397 g/mol. The Hall–Kier alpha value is -1.62. The Morgan fingerprint density at radius 2 is 1.90 bits per heavy atom. The summed E-state index contributed by atoms with van der Waals surface area (Å²) in [5, 5.41) is 8.62. The number of hydrogen-bond donors (Lipinski definition) is 1. The van der Waals surface area contributed by atoms with Gasteiger partial charge in [-0.3, -0.25) is 9.48 Å². The third kappa shape index (κ3) is 3.45. The van der Waals surface area contributed by atoms with Crippen LogP contribution in [-0.4, -0.2) is 47.3 Å². The van der Waals surface area contributed by atoms with Crippen molar-refractivity contribution in [1.29, 1.82) is 0 Å². The van der Waals surface area contributed by atoms with Gasteiger partial charge in [0.05, 0.1) is 6.54 Å². The molecular formula is C24H36N4O. The normalized spacial score (nSPS) is 34.8. The maximum absolute atomic E-state index is 12.7. The Kier molecular flexibility index (Phi) is 5.05. The van der Waals surface area contributed by atoms with Crippen molar-refractivity contribution in [3.05, 3.63) is 29.6 Å². The van der Waals surface area contributed by atoms with Crippen LogP contribution >= 0.6 is 0 Å². The Morgan fingerprint density at radius 1 is 1.21 bits per heavy atom. The summed E-state index contributed by atoms with van der Waals surface area (Å²) in [5.74, 6) is 4.93. The van der Waals surface area contributed by atoms with Crippen LogP contribution in [0.4, 0.5) is 0 Å². The van der Waals surface area contributed by atoms with Crippen molar-refractivity contribution in [2.45, 2.75) is 64.0 Å². The first-order valence-corrected chi connectivity index (χ1v) is 11.7. The van der Waals surface area contributed by atoms with Gasteiger partial charge in [-0.15, -0.1) is 6.58 Å². The molecule has 5 heteroatoms. The zero-order chi connectivity index (χ0) is 20.1. The molecule has 1 aromatic rings. The molecule has 5 aliphatic rings. The van der Waals surface area contributed by atoms with Crippen LogP contribution in [0, 0.1) is 29.6 Å². The molecule has 0 aromatic carbocycles. The highest BCUT2D eigenvalue weighted by Crippen LogP contribution is 2.56. The molecule has 4 bridgehead atoms. The van der Waals surface area contributed by atoms with E-state index < -0.39 is 0 Å². The van der Waals surface area contributed by atoms with Crippen LogP contribution in [0.1, 0.15) is 60.3 Å². The van der Waals surface area contributed by atoms with Crippen molar-refractivity contribution in [2.75, 3.05) is 20.6 Å². The summed E-state index contributed by atoms with van der Waals surface area (Å²) in [6, 6.07) is 0.467. The Morgan fingerprint density at radius 3 is 2.52 bits per heavy atom. The topological polar surface area (TPSA) is 50.2 Å². The molecule has 1 aromatic heterocycles. The van der Waals surface area contributed by atoms with E-state index in [1.165, 1.54) is 49.9 Å². The summed E-state index contributed by atoms with van der Waals surface area (Å²) in [6.07, 6.45) is 12.4. The zero-order valence-corrected chi connectivity index (χ0v) is 18.1. The first-order chi connectivity index (χ1) is 14.0. The van der Waals surface area contributed by atoms with E-state index in [1.807, 2.05) is 24.9 Å². The first-order valence-electron chi connectivity index (χ1n) is 11.7. The number of fused-ring (bicyclic) bond motifs is 1. The van der Waals surface area contributed by atoms with Crippen LogP contribution in [0.3, 0.4) is 0 Å². The number of nitrogens with zero attached hydrogens (tertiary/aromatic N) is 3. The lowest BCUT2D eigenvalue weighted by Crippen LogP contribution is -2.50. The van der Waals surface area contributed by atoms with Gasteiger partial charge in [-0.2, -0.15) is 5.10 Å². The zero-order valence-electron chi connectivity index (χ0n) is 18.1. The van der Waals surface area contributed by atoms with E-state index in [0.717, 1.165) is 48.9 Å². The molecule has 5 aliphatic carbocycles. The molecule has 1 atom stereocenters. The van der Waals surface area contributed by atoms with E-state index >= 15 is 0 Å². The van der Waals surface area contributed by atoms with Crippen molar-refractivity contribution in [3.8, 4) is 0 Å². The number of carbonyl (C=O) groups is 1. The number of aromatic nitrogens is 2. The molecule has 4 saturated carbocycles. The molecule has 158 valence electrons. The van der Waals surface area contributed by atoms with Crippen LogP contribution in [0.25, 0.3) is 0 Å². The Labute approximate surface area is 174 Å². The highest BCUT2D eigenvalue weighted by Gasteiger charge is 2.48. The van der Waals surface area contributed by atoms with Crippen LogP contribution in [-0.2, 0) is 19.4 Å². The lowest BCUT2D eigenvalue weighted by Gasteiger charge is -2.54. The van der Waals surface area contributed by atoms with Crippen molar-refractivity contribution in [3.63, 3.8) is 0 Å². The first kappa shape index (κ1) is 19.3. The smallest absolute Gasteiger partial charge is 0.274 e. The predicted octanol–water partition coefficient (Wildman–Crippen LogP) is 3.29. The monoisotopic (exact) mass is 396 g/mol. The standard InChI is InChI=1S/C24H36N4O/c1-4-7-28-22-6-5-19(13-20(22)23(26-28)24(29)27(2)3)25-14-21-17-9-15-8-16(11-17)12-18(21)10-15/h4,15-19,21,25H,1,5-14H2,2-3H3. The highest BCUT2D eigenvalue weighted by atomic mass is 16.2. The van der Waals surface area contributed by atoms with Crippen LogP contribution in [0.5, 0.6) is 0 Å². The van der Waals surface area contributed by atoms with Crippen LogP contribution in [0.15, 0.2) is 12.7 Å². The fourth-order valence-corrected chi connectivity index (χ4v) is 7.19. The summed E-state index contributed by atoms with van der Waals surface area (Å²) >= 11 is 0. The quantitative estimate of drug-likeness (QED) is 0.751.